The van der Waals surface area contributed by atoms with Crippen molar-refractivity contribution in [3.05, 3.63) is 51.3 Å². The summed E-state index contributed by atoms with van der Waals surface area (Å²) in [6, 6.07) is 4.17. The van der Waals surface area contributed by atoms with Gasteiger partial charge < -0.3 is 10.4 Å². The molecule has 7 heteroatoms. The summed E-state index contributed by atoms with van der Waals surface area (Å²) >= 11 is 5.63. The van der Waals surface area contributed by atoms with Crippen molar-refractivity contribution in [3.8, 4) is 0 Å². The largest absolute Gasteiger partial charge is 0.478 e. The van der Waals surface area contributed by atoms with E-state index in [1.54, 1.807) is 0 Å². The summed E-state index contributed by atoms with van der Waals surface area (Å²) in [7, 11) is 0. The first kappa shape index (κ1) is 12.0. The van der Waals surface area contributed by atoms with E-state index in [0.717, 1.165) is 6.20 Å². The highest BCUT2D eigenvalue weighted by Crippen LogP contribution is 2.20. The zero-order valence-electron chi connectivity index (χ0n) is 7.88. The van der Waals surface area contributed by atoms with E-state index in [0.29, 0.717) is 6.20 Å². The van der Waals surface area contributed by atoms with E-state index in [4.69, 9.17) is 16.7 Å². The molecule has 0 atom stereocenters. The number of carbonyl (C=O) groups is 1. The minimum atomic E-state index is -1.17. The van der Waals surface area contributed by atoms with Crippen LogP contribution in [0.5, 0.6) is 0 Å². The highest BCUT2D eigenvalue weighted by molar-refractivity contribution is 6.31. The summed E-state index contributed by atoms with van der Waals surface area (Å²) in [5, 5.41) is 21.6. The molecule has 0 aliphatic carbocycles. The lowest BCUT2D eigenvalue weighted by Crippen LogP contribution is -2.02. The van der Waals surface area contributed by atoms with Crippen LogP contribution >= 0.6 is 11.6 Å². The minimum Gasteiger partial charge on any atom is -0.478 e. The van der Waals surface area contributed by atoms with Crippen LogP contribution in [0.2, 0.25) is 5.02 Å². The Morgan fingerprint density at radius 2 is 2.25 bits per heavy atom. The molecule has 2 N–H and O–H groups in total. The number of nitrogens with one attached hydrogen (secondary N) is 1. The minimum absolute atomic E-state index is 0.0551. The van der Waals surface area contributed by atoms with Gasteiger partial charge in [-0.15, -0.1) is 0 Å². The second-order valence-electron chi connectivity index (χ2n) is 2.74. The van der Waals surface area contributed by atoms with Crippen molar-refractivity contribution < 1.29 is 14.8 Å². The molecule has 0 saturated heterocycles. The summed E-state index contributed by atoms with van der Waals surface area (Å²) in [5.74, 6) is -1.17. The van der Waals surface area contributed by atoms with Gasteiger partial charge >= 0.3 is 5.97 Å². The van der Waals surface area contributed by atoms with Crippen molar-refractivity contribution in [1.29, 1.82) is 0 Å². The number of carboxylic acids is 1. The Labute approximate surface area is 95.3 Å². The Morgan fingerprint density at radius 1 is 1.56 bits per heavy atom. The Morgan fingerprint density at radius 3 is 2.81 bits per heavy atom. The molecule has 0 aromatic heterocycles. The van der Waals surface area contributed by atoms with Gasteiger partial charge in [-0.1, -0.05) is 11.6 Å². The Kier molecular flexibility index (Phi) is 3.84. The Balaban J connectivity index is 2.95. The van der Waals surface area contributed by atoms with Crippen LogP contribution in [-0.2, 0) is 0 Å². The molecule has 0 heterocycles. The number of aromatic carboxylic acids is 1. The molecule has 0 aliphatic rings. The first-order valence-corrected chi connectivity index (χ1v) is 4.48. The van der Waals surface area contributed by atoms with Crippen LogP contribution in [0, 0.1) is 10.1 Å². The van der Waals surface area contributed by atoms with E-state index in [-0.39, 0.29) is 16.3 Å². The van der Waals surface area contributed by atoms with E-state index in [9.17, 15) is 14.9 Å². The molecule has 84 valence electrons. The maximum atomic E-state index is 10.8. The summed E-state index contributed by atoms with van der Waals surface area (Å²) in [6.45, 7) is 0. The number of rotatable bonds is 4. The predicted molar refractivity (Wildman–Crippen MR) is 58.2 cm³/mol. The molecular formula is C9H7ClN2O4. The SMILES string of the molecule is O=C(O)c1cc(Cl)ccc1NC=C[N+](=O)[O-]. The first-order valence-electron chi connectivity index (χ1n) is 4.10. The molecule has 0 amide bonds. The van der Waals surface area contributed by atoms with Crippen molar-refractivity contribution in [3.63, 3.8) is 0 Å². The van der Waals surface area contributed by atoms with Gasteiger partial charge in [0.05, 0.1) is 22.4 Å². The number of carboxylic acid groups (broad SMARTS) is 1. The van der Waals surface area contributed by atoms with E-state index in [2.05, 4.69) is 5.32 Å². The standard InChI is InChI=1S/C9H7ClN2O4/c10-6-1-2-8(7(5-6)9(13)14)11-3-4-12(15)16/h1-5,11H,(H,13,14). The molecule has 0 fully saturated rings. The lowest BCUT2D eigenvalue weighted by Gasteiger charge is -2.04. The van der Waals surface area contributed by atoms with Crippen LogP contribution in [0.25, 0.3) is 0 Å². The number of hydrogen-bond acceptors (Lipinski definition) is 4. The molecule has 1 aromatic carbocycles. The number of benzene rings is 1. The fourth-order valence-electron chi connectivity index (χ4n) is 1.01. The Hall–Kier alpha value is -2.08. The lowest BCUT2D eigenvalue weighted by molar-refractivity contribution is -0.402. The molecule has 1 rings (SSSR count). The summed E-state index contributed by atoms with van der Waals surface area (Å²) < 4.78 is 0. The normalized spacial score (nSPS) is 10.3. The lowest BCUT2D eigenvalue weighted by atomic mass is 10.2. The van der Waals surface area contributed by atoms with Crippen molar-refractivity contribution in [1.82, 2.24) is 0 Å². The van der Waals surface area contributed by atoms with Gasteiger partial charge in [-0.2, -0.15) is 0 Å². The molecule has 1 aromatic rings. The van der Waals surface area contributed by atoms with Gasteiger partial charge in [-0.25, -0.2) is 4.79 Å². The maximum absolute atomic E-state index is 10.8. The second-order valence-corrected chi connectivity index (χ2v) is 3.18. The van der Waals surface area contributed by atoms with Gasteiger partial charge in [0.2, 0.25) is 6.20 Å². The fourth-order valence-corrected chi connectivity index (χ4v) is 1.18. The second kappa shape index (κ2) is 5.13. The highest BCUT2D eigenvalue weighted by Gasteiger charge is 2.09. The Bertz CT molecular complexity index is 459. The fraction of sp³-hybridized carbons (Fsp3) is 0. The van der Waals surface area contributed by atoms with Crippen LogP contribution in [0.15, 0.2) is 30.6 Å². The number of nitrogens with zero attached hydrogens (tertiary/aromatic N) is 1. The van der Waals surface area contributed by atoms with Crippen LogP contribution in [0.4, 0.5) is 5.69 Å². The van der Waals surface area contributed by atoms with Crippen LogP contribution in [0.3, 0.4) is 0 Å². The highest BCUT2D eigenvalue weighted by atomic mass is 35.5. The van der Waals surface area contributed by atoms with Crippen LogP contribution in [-0.4, -0.2) is 16.0 Å². The molecule has 0 aliphatic heterocycles. The summed E-state index contributed by atoms with van der Waals surface area (Å²) in [4.78, 5) is 20.2. The quantitative estimate of drug-likeness (QED) is 0.624. The monoisotopic (exact) mass is 242 g/mol. The third-order valence-corrected chi connectivity index (χ3v) is 1.88. The predicted octanol–water partition coefficient (Wildman–Crippen LogP) is 2.20. The topological polar surface area (TPSA) is 92.5 Å². The van der Waals surface area contributed by atoms with Gasteiger partial charge in [0.1, 0.15) is 0 Å². The van der Waals surface area contributed by atoms with E-state index < -0.39 is 10.9 Å². The van der Waals surface area contributed by atoms with Gasteiger partial charge in [-0.3, -0.25) is 10.1 Å². The molecule has 0 radical (unpaired) electrons. The smallest absolute Gasteiger partial charge is 0.337 e. The molecule has 16 heavy (non-hydrogen) atoms. The van der Waals surface area contributed by atoms with E-state index in [1.807, 2.05) is 0 Å². The molecule has 0 spiro atoms. The molecular weight excluding hydrogens is 236 g/mol. The van der Waals surface area contributed by atoms with Crippen LogP contribution in [0.1, 0.15) is 10.4 Å². The van der Waals surface area contributed by atoms with Gasteiger partial charge in [0, 0.05) is 5.02 Å². The van der Waals surface area contributed by atoms with Crippen LogP contribution < -0.4 is 5.32 Å². The van der Waals surface area contributed by atoms with Crippen molar-refractivity contribution in [2.75, 3.05) is 5.32 Å². The van der Waals surface area contributed by atoms with E-state index in [1.165, 1.54) is 18.2 Å². The average molecular weight is 243 g/mol. The number of nitro groups is 1. The van der Waals surface area contributed by atoms with Crippen molar-refractivity contribution in [2.24, 2.45) is 0 Å². The zero-order chi connectivity index (χ0) is 12.1. The molecule has 0 saturated carbocycles. The van der Waals surface area contributed by atoms with Crippen molar-refractivity contribution >= 4 is 23.3 Å². The number of halogens is 1. The molecule has 0 bridgehead atoms. The number of hydrogen-bond donors (Lipinski definition) is 2. The van der Waals surface area contributed by atoms with Crippen molar-refractivity contribution in [2.45, 2.75) is 0 Å². The molecule has 6 nitrogen and oxygen atoms in total. The maximum Gasteiger partial charge on any atom is 0.337 e. The van der Waals surface area contributed by atoms with E-state index >= 15 is 0 Å². The summed E-state index contributed by atoms with van der Waals surface area (Å²) in [6.07, 6.45) is 1.70. The average Bonchev–Trinajstić information content (AvgIpc) is 2.19. The third-order valence-electron chi connectivity index (χ3n) is 1.65. The summed E-state index contributed by atoms with van der Waals surface area (Å²) in [5.41, 5.74) is 0.176. The van der Waals surface area contributed by atoms with Gasteiger partial charge in [-0.05, 0) is 18.2 Å². The molecule has 0 unspecified atom stereocenters. The number of anilines is 1. The van der Waals surface area contributed by atoms with Gasteiger partial charge in [0.15, 0.2) is 0 Å². The van der Waals surface area contributed by atoms with Gasteiger partial charge in [0.25, 0.3) is 0 Å². The third kappa shape index (κ3) is 3.25. The first-order chi connectivity index (χ1) is 7.50. The zero-order valence-corrected chi connectivity index (χ0v) is 8.64.